The molecule has 1 aliphatic heterocycles. The molecule has 0 aliphatic carbocycles. The van der Waals surface area contributed by atoms with E-state index in [0.29, 0.717) is 5.75 Å². The summed E-state index contributed by atoms with van der Waals surface area (Å²) in [6.07, 6.45) is 0.156. The number of nitriles is 1. The topological polar surface area (TPSA) is 53.3 Å². The molecule has 0 aromatic heterocycles. The van der Waals surface area contributed by atoms with Crippen LogP contribution in [0.2, 0.25) is 0 Å². The number of rotatable bonds is 2. The summed E-state index contributed by atoms with van der Waals surface area (Å²) in [7, 11) is 3.30. The van der Waals surface area contributed by atoms with Crippen molar-refractivity contribution in [2.75, 3.05) is 19.1 Å². The number of ether oxygens (including phenoxy) is 1. The van der Waals surface area contributed by atoms with Gasteiger partial charge in [0.15, 0.2) is 0 Å². The predicted molar refractivity (Wildman–Crippen MR) is 64.0 cm³/mol. The molecule has 1 unspecified atom stereocenters. The van der Waals surface area contributed by atoms with Crippen LogP contribution in [0.3, 0.4) is 0 Å². The Hall–Kier alpha value is -2.02. The second-order valence-electron chi connectivity index (χ2n) is 4.39. The average Bonchev–Trinajstić information content (AvgIpc) is 2.53. The summed E-state index contributed by atoms with van der Waals surface area (Å²) < 4.78 is 5.31. The van der Waals surface area contributed by atoms with Crippen molar-refractivity contribution >= 4 is 11.6 Å². The van der Waals surface area contributed by atoms with E-state index >= 15 is 0 Å². The highest BCUT2D eigenvalue weighted by atomic mass is 16.5. The van der Waals surface area contributed by atoms with Crippen LogP contribution in [-0.4, -0.2) is 20.1 Å². The number of hydrogen-bond donors (Lipinski definition) is 0. The van der Waals surface area contributed by atoms with Gasteiger partial charge in [0, 0.05) is 12.6 Å². The van der Waals surface area contributed by atoms with E-state index in [0.717, 1.165) is 11.3 Å². The van der Waals surface area contributed by atoms with E-state index in [1.165, 1.54) is 0 Å². The van der Waals surface area contributed by atoms with E-state index in [-0.39, 0.29) is 12.3 Å². The van der Waals surface area contributed by atoms with Crippen LogP contribution in [0.1, 0.15) is 18.9 Å². The third kappa shape index (κ3) is 1.39. The molecule has 2 rings (SSSR count). The van der Waals surface area contributed by atoms with Crippen LogP contribution in [-0.2, 0) is 10.2 Å². The summed E-state index contributed by atoms with van der Waals surface area (Å²) >= 11 is 0. The van der Waals surface area contributed by atoms with E-state index < -0.39 is 5.41 Å². The predicted octanol–water partition coefficient (Wildman–Crippen LogP) is 1.84. The standard InChI is InChI=1S/C13H14N2O2/c1-13(7-8-14)11-9(15(2)12(13)16)5-4-6-10(11)17-3/h4-6H,7H2,1-3H3. The molecule has 0 saturated heterocycles. The van der Waals surface area contributed by atoms with Crippen molar-refractivity contribution in [2.45, 2.75) is 18.8 Å². The first-order chi connectivity index (χ1) is 8.06. The molecular formula is C13H14N2O2. The monoisotopic (exact) mass is 230 g/mol. The first-order valence-corrected chi connectivity index (χ1v) is 5.39. The molecule has 0 bridgehead atoms. The SMILES string of the molecule is COc1cccc2c1C(C)(CC#N)C(=O)N2C. The summed E-state index contributed by atoms with van der Waals surface area (Å²) in [5.74, 6) is 0.608. The van der Waals surface area contributed by atoms with Gasteiger partial charge in [0.25, 0.3) is 0 Å². The lowest BCUT2D eigenvalue weighted by atomic mass is 9.80. The maximum absolute atomic E-state index is 12.3. The number of fused-ring (bicyclic) bond motifs is 1. The van der Waals surface area contributed by atoms with Gasteiger partial charge in [0.2, 0.25) is 5.91 Å². The van der Waals surface area contributed by atoms with E-state index in [1.54, 1.807) is 26.0 Å². The minimum absolute atomic E-state index is 0.0569. The van der Waals surface area contributed by atoms with Gasteiger partial charge in [-0.1, -0.05) is 6.07 Å². The highest BCUT2D eigenvalue weighted by molar-refractivity contribution is 6.08. The number of anilines is 1. The first-order valence-electron chi connectivity index (χ1n) is 5.39. The van der Waals surface area contributed by atoms with Crippen LogP contribution < -0.4 is 9.64 Å². The Morgan fingerprint density at radius 1 is 1.53 bits per heavy atom. The fourth-order valence-electron chi connectivity index (χ4n) is 2.43. The lowest BCUT2D eigenvalue weighted by molar-refractivity contribution is -0.122. The highest BCUT2D eigenvalue weighted by Crippen LogP contribution is 2.47. The van der Waals surface area contributed by atoms with Crippen molar-refractivity contribution in [3.05, 3.63) is 23.8 Å². The number of carbonyl (C=O) groups is 1. The largest absolute Gasteiger partial charge is 0.496 e. The molecule has 4 nitrogen and oxygen atoms in total. The zero-order valence-corrected chi connectivity index (χ0v) is 10.2. The van der Waals surface area contributed by atoms with Gasteiger partial charge in [-0.15, -0.1) is 0 Å². The quantitative estimate of drug-likeness (QED) is 0.779. The molecule has 17 heavy (non-hydrogen) atoms. The molecule has 0 fully saturated rings. The Morgan fingerprint density at radius 3 is 2.82 bits per heavy atom. The Kier molecular flexibility index (Phi) is 2.55. The van der Waals surface area contributed by atoms with Gasteiger partial charge in [-0.2, -0.15) is 5.26 Å². The molecular weight excluding hydrogens is 216 g/mol. The third-order valence-electron chi connectivity index (χ3n) is 3.35. The summed E-state index contributed by atoms with van der Waals surface area (Å²) in [6, 6.07) is 7.63. The maximum atomic E-state index is 12.3. The molecule has 4 heteroatoms. The molecule has 1 aromatic carbocycles. The number of amides is 1. The lowest BCUT2D eigenvalue weighted by Crippen LogP contribution is -2.35. The molecule has 88 valence electrons. The number of benzene rings is 1. The third-order valence-corrected chi connectivity index (χ3v) is 3.35. The molecule has 0 radical (unpaired) electrons. The minimum atomic E-state index is -0.800. The Labute approximate surface area is 100 Å². The zero-order chi connectivity index (χ0) is 12.6. The van der Waals surface area contributed by atoms with Gasteiger partial charge in [-0.3, -0.25) is 4.79 Å². The summed E-state index contributed by atoms with van der Waals surface area (Å²) in [5.41, 5.74) is 0.842. The van der Waals surface area contributed by atoms with Gasteiger partial charge in [0.05, 0.1) is 30.7 Å². The molecule has 1 aliphatic rings. The molecule has 1 atom stereocenters. The fourth-order valence-corrected chi connectivity index (χ4v) is 2.43. The molecule has 1 aromatic rings. The minimum Gasteiger partial charge on any atom is -0.496 e. The van der Waals surface area contributed by atoms with Crippen molar-refractivity contribution < 1.29 is 9.53 Å². The fraction of sp³-hybridized carbons (Fsp3) is 0.385. The highest BCUT2D eigenvalue weighted by Gasteiger charge is 2.47. The van der Waals surface area contributed by atoms with E-state index in [1.807, 2.05) is 18.2 Å². The van der Waals surface area contributed by atoms with Gasteiger partial charge in [-0.05, 0) is 19.1 Å². The molecule has 1 heterocycles. The smallest absolute Gasteiger partial charge is 0.238 e. The average molecular weight is 230 g/mol. The van der Waals surface area contributed by atoms with Crippen LogP contribution in [0.5, 0.6) is 5.75 Å². The van der Waals surface area contributed by atoms with Crippen LogP contribution in [0, 0.1) is 11.3 Å². The van der Waals surface area contributed by atoms with Crippen molar-refractivity contribution in [1.29, 1.82) is 5.26 Å². The van der Waals surface area contributed by atoms with Gasteiger partial charge < -0.3 is 9.64 Å². The van der Waals surface area contributed by atoms with Crippen LogP contribution in [0.4, 0.5) is 5.69 Å². The van der Waals surface area contributed by atoms with Crippen LogP contribution in [0.25, 0.3) is 0 Å². The van der Waals surface area contributed by atoms with Crippen molar-refractivity contribution in [2.24, 2.45) is 0 Å². The lowest BCUT2D eigenvalue weighted by Gasteiger charge is -2.20. The maximum Gasteiger partial charge on any atom is 0.238 e. The van der Waals surface area contributed by atoms with Gasteiger partial charge >= 0.3 is 0 Å². The number of likely N-dealkylation sites (N-methyl/N-ethyl adjacent to an activating group) is 1. The van der Waals surface area contributed by atoms with E-state index in [2.05, 4.69) is 6.07 Å². The Balaban J connectivity index is 2.70. The number of carbonyl (C=O) groups excluding carboxylic acids is 1. The van der Waals surface area contributed by atoms with Gasteiger partial charge in [-0.25, -0.2) is 0 Å². The molecule has 0 saturated carbocycles. The Bertz CT molecular complexity index is 519. The van der Waals surface area contributed by atoms with E-state index in [4.69, 9.17) is 10.00 Å². The van der Waals surface area contributed by atoms with Gasteiger partial charge in [0.1, 0.15) is 5.75 Å². The Morgan fingerprint density at radius 2 is 2.24 bits per heavy atom. The molecule has 0 spiro atoms. The van der Waals surface area contributed by atoms with E-state index in [9.17, 15) is 4.79 Å². The van der Waals surface area contributed by atoms with Crippen molar-refractivity contribution in [3.8, 4) is 11.8 Å². The zero-order valence-electron chi connectivity index (χ0n) is 10.2. The van der Waals surface area contributed by atoms with Crippen LogP contribution >= 0.6 is 0 Å². The first kappa shape index (κ1) is 11.5. The number of hydrogen-bond acceptors (Lipinski definition) is 3. The van der Waals surface area contributed by atoms with Crippen molar-refractivity contribution in [3.63, 3.8) is 0 Å². The second-order valence-corrected chi connectivity index (χ2v) is 4.39. The number of nitrogens with zero attached hydrogens (tertiary/aromatic N) is 2. The molecule has 1 amide bonds. The van der Waals surface area contributed by atoms with Crippen molar-refractivity contribution in [1.82, 2.24) is 0 Å². The summed E-state index contributed by atoms with van der Waals surface area (Å²) in [4.78, 5) is 13.9. The van der Waals surface area contributed by atoms with Crippen LogP contribution in [0.15, 0.2) is 18.2 Å². The normalized spacial score (nSPS) is 22.2. The molecule has 0 N–H and O–H groups in total. The second kappa shape index (κ2) is 3.77. The number of methoxy groups -OCH3 is 1. The summed E-state index contributed by atoms with van der Waals surface area (Å²) in [5, 5.41) is 8.92. The summed E-state index contributed by atoms with van der Waals surface area (Å²) in [6.45, 7) is 1.80.